The molecule has 0 unspecified atom stereocenters. The number of thioether (sulfide) groups is 1. The van der Waals surface area contributed by atoms with Crippen LogP contribution in [0.25, 0.3) is 17.1 Å². The van der Waals surface area contributed by atoms with E-state index in [0.717, 1.165) is 22.4 Å². The van der Waals surface area contributed by atoms with E-state index < -0.39 is 0 Å². The molecule has 1 heterocycles. The van der Waals surface area contributed by atoms with Crippen LogP contribution in [0.2, 0.25) is 0 Å². The molecular weight excluding hydrogens is 502 g/mol. The molecule has 0 saturated heterocycles. The van der Waals surface area contributed by atoms with Crippen LogP contribution in [-0.4, -0.2) is 54.0 Å². The summed E-state index contributed by atoms with van der Waals surface area (Å²) in [5.74, 6) is 2.08. The average Bonchev–Trinajstić information content (AvgIpc) is 3.36. The molecule has 0 fully saturated rings. The number of hydrazone groups is 1. The molecule has 0 spiro atoms. The van der Waals surface area contributed by atoms with Gasteiger partial charge in [-0.2, -0.15) is 5.10 Å². The number of nitrogens with one attached hydrogen (secondary N) is 1. The highest BCUT2D eigenvalue weighted by Gasteiger charge is 2.17. The van der Waals surface area contributed by atoms with Crippen LogP contribution in [0.4, 0.5) is 0 Å². The van der Waals surface area contributed by atoms with E-state index in [1.54, 1.807) is 19.2 Å². The van der Waals surface area contributed by atoms with Gasteiger partial charge in [-0.25, -0.2) is 5.43 Å². The molecule has 3 aromatic carbocycles. The van der Waals surface area contributed by atoms with E-state index in [-0.39, 0.29) is 11.7 Å². The normalized spacial score (nSPS) is 11.0. The second-order valence-corrected chi connectivity index (χ2v) is 9.31. The van der Waals surface area contributed by atoms with Crippen molar-refractivity contribution in [1.82, 2.24) is 20.2 Å². The van der Waals surface area contributed by atoms with Gasteiger partial charge in [-0.05, 0) is 26.0 Å². The number of hydrogen-bond donors (Lipinski definition) is 1. The first-order valence-electron chi connectivity index (χ1n) is 11.8. The lowest BCUT2D eigenvalue weighted by atomic mass is 10.1. The molecule has 9 nitrogen and oxygen atoms in total. The number of ether oxygens (including phenoxy) is 3. The molecule has 4 rings (SSSR count). The van der Waals surface area contributed by atoms with Gasteiger partial charge < -0.3 is 14.2 Å². The largest absolute Gasteiger partial charge is 0.496 e. The lowest BCUT2D eigenvalue weighted by Crippen LogP contribution is -2.20. The first-order valence-corrected chi connectivity index (χ1v) is 12.8. The van der Waals surface area contributed by atoms with Crippen LogP contribution in [0.5, 0.6) is 17.2 Å². The molecule has 0 aliphatic carbocycles. The van der Waals surface area contributed by atoms with Crippen molar-refractivity contribution in [2.45, 2.75) is 19.0 Å². The first-order chi connectivity index (χ1) is 18.4. The van der Waals surface area contributed by atoms with Crippen molar-refractivity contribution in [3.8, 4) is 34.3 Å². The fourth-order valence-electron chi connectivity index (χ4n) is 3.67. The fraction of sp³-hybridized carbons (Fsp3) is 0.214. The first kappa shape index (κ1) is 26.7. The number of nitrogens with zero attached hydrogens (tertiary/aromatic N) is 4. The van der Waals surface area contributed by atoms with Crippen molar-refractivity contribution >= 4 is 23.9 Å². The van der Waals surface area contributed by atoms with Gasteiger partial charge >= 0.3 is 0 Å². The van der Waals surface area contributed by atoms with E-state index in [2.05, 4.69) is 20.7 Å². The van der Waals surface area contributed by atoms with Crippen LogP contribution in [-0.2, 0) is 4.79 Å². The van der Waals surface area contributed by atoms with Gasteiger partial charge in [0.25, 0.3) is 5.91 Å². The van der Waals surface area contributed by atoms with E-state index >= 15 is 0 Å². The van der Waals surface area contributed by atoms with Gasteiger partial charge in [-0.15, -0.1) is 10.2 Å². The van der Waals surface area contributed by atoms with Crippen molar-refractivity contribution < 1.29 is 19.0 Å². The number of rotatable bonds is 10. The van der Waals surface area contributed by atoms with Crippen molar-refractivity contribution in [2.24, 2.45) is 5.10 Å². The minimum atomic E-state index is -0.298. The highest BCUT2D eigenvalue weighted by molar-refractivity contribution is 7.99. The lowest BCUT2D eigenvalue weighted by molar-refractivity contribution is -0.118. The van der Waals surface area contributed by atoms with Gasteiger partial charge in [0.05, 0.1) is 38.9 Å². The zero-order valence-electron chi connectivity index (χ0n) is 21.9. The third-order valence-electron chi connectivity index (χ3n) is 5.70. The summed E-state index contributed by atoms with van der Waals surface area (Å²) in [5, 5.41) is 13.5. The number of amides is 1. The summed E-state index contributed by atoms with van der Waals surface area (Å²) in [6, 6.07) is 19.6. The van der Waals surface area contributed by atoms with Crippen molar-refractivity contribution in [3.05, 3.63) is 77.4 Å². The topological polar surface area (TPSA) is 99.9 Å². The smallest absolute Gasteiger partial charge is 0.250 e. The maximum absolute atomic E-state index is 12.6. The lowest BCUT2D eigenvalue weighted by Gasteiger charge is -2.12. The SMILES string of the molecule is COc1cc(OC)c(/C=N/NC(=O)CSc2nnc(-c3ccc(C)cc3)n2-c2ccc(C)cc2)c(OC)c1. The molecule has 0 aliphatic heterocycles. The second-order valence-electron chi connectivity index (χ2n) is 8.37. The molecule has 10 heteroatoms. The Bertz CT molecular complexity index is 1410. The fourth-order valence-corrected chi connectivity index (χ4v) is 4.41. The van der Waals surface area contributed by atoms with Crippen LogP contribution in [0.3, 0.4) is 0 Å². The molecule has 4 aromatic rings. The van der Waals surface area contributed by atoms with Crippen LogP contribution < -0.4 is 19.6 Å². The van der Waals surface area contributed by atoms with Crippen LogP contribution in [0.15, 0.2) is 70.9 Å². The Morgan fingerprint density at radius 1 is 0.921 bits per heavy atom. The van der Waals surface area contributed by atoms with E-state index in [1.807, 2.05) is 66.9 Å². The molecule has 196 valence electrons. The van der Waals surface area contributed by atoms with Gasteiger partial charge in [-0.1, -0.05) is 59.3 Å². The summed E-state index contributed by atoms with van der Waals surface area (Å²) >= 11 is 1.28. The predicted molar refractivity (Wildman–Crippen MR) is 149 cm³/mol. The molecule has 1 amide bonds. The maximum atomic E-state index is 12.6. The Kier molecular flexibility index (Phi) is 8.65. The molecular formula is C28H29N5O4S. The standard InChI is InChI=1S/C28H29N5O4S/c1-18-6-10-20(11-7-18)27-31-32-28(33(27)21-12-8-19(2)9-13-21)38-17-26(34)30-29-16-23-24(36-4)14-22(35-3)15-25(23)37-5/h6-16H,17H2,1-5H3,(H,30,34)/b29-16+. The number of benzene rings is 3. The van der Waals surface area contributed by atoms with Gasteiger partial charge in [-0.3, -0.25) is 9.36 Å². The molecule has 38 heavy (non-hydrogen) atoms. The summed E-state index contributed by atoms with van der Waals surface area (Å²) in [7, 11) is 4.63. The Labute approximate surface area is 225 Å². The summed E-state index contributed by atoms with van der Waals surface area (Å²) in [4.78, 5) is 12.6. The van der Waals surface area contributed by atoms with Gasteiger partial charge in [0.15, 0.2) is 11.0 Å². The number of hydrogen-bond acceptors (Lipinski definition) is 8. The number of aryl methyl sites for hydroxylation is 2. The number of carbonyl (C=O) groups is 1. The Balaban J connectivity index is 1.51. The van der Waals surface area contributed by atoms with Crippen molar-refractivity contribution in [2.75, 3.05) is 27.1 Å². The van der Waals surface area contributed by atoms with Crippen LogP contribution in [0, 0.1) is 13.8 Å². The number of methoxy groups -OCH3 is 3. The minimum absolute atomic E-state index is 0.0894. The Morgan fingerprint density at radius 3 is 2.11 bits per heavy atom. The minimum Gasteiger partial charge on any atom is -0.496 e. The van der Waals surface area contributed by atoms with E-state index in [0.29, 0.717) is 33.8 Å². The van der Waals surface area contributed by atoms with Crippen molar-refractivity contribution in [3.63, 3.8) is 0 Å². The second kappa shape index (κ2) is 12.3. The zero-order chi connectivity index (χ0) is 27.1. The average molecular weight is 532 g/mol. The molecule has 1 N–H and O–H groups in total. The predicted octanol–water partition coefficient (Wildman–Crippen LogP) is 4.82. The Hall–Kier alpha value is -4.31. The quantitative estimate of drug-likeness (QED) is 0.178. The zero-order valence-corrected chi connectivity index (χ0v) is 22.7. The monoisotopic (exact) mass is 531 g/mol. The van der Waals surface area contributed by atoms with Crippen molar-refractivity contribution in [1.29, 1.82) is 0 Å². The molecule has 0 radical (unpaired) electrons. The molecule has 0 bridgehead atoms. The van der Waals surface area contributed by atoms with E-state index in [9.17, 15) is 4.79 Å². The third-order valence-corrected chi connectivity index (χ3v) is 6.63. The van der Waals surface area contributed by atoms with Gasteiger partial charge in [0.2, 0.25) is 0 Å². The molecule has 0 aliphatic rings. The summed E-state index contributed by atoms with van der Waals surface area (Å²) < 4.78 is 18.1. The summed E-state index contributed by atoms with van der Waals surface area (Å²) in [6.45, 7) is 4.08. The maximum Gasteiger partial charge on any atom is 0.250 e. The highest BCUT2D eigenvalue weighted by Crippen LogP contribution is 2.33. The van der Waals surface area contributed by atoms with E-state index in [1.165, 1.54) is 32.2 Å². The summed E-state index contributed by atoms with van der Waals surface area (Å²) in [6.07, 6.45) is 1.48. The Morgan fingerprint density at radius 2 is 1.53 bits per heavy atom. The highest BCUT2D eigenvalue weighted by atomic mass is 32.2. The summed E-state index contributed by atoms with van der Waals surface area (Å²) in [5.41, 5.74) is 7.29. The van der Waals surface area contributed by atoms with Crippen LogP contribution >= 0.6 is 11.8 Å². The number of aromatic nitrogens is 3. The number of carbonyl (C=O) groups excluding carboxylic acids is 1. The van der Waals surface area contributed by atoms with Gasteiger partial charge in [0, 0.05) is 23.4 Å². The molecule has 0 saturated carbocycles. The molecule has 0 atom stereocenters. The third kappa shape index (κ3) is 6.15. The van der Waals surface area contributed by atoms with Gasteiger partial charge in [0.1, 0.15) is 17.2 Å². The van der Waals surface area contributed by atoms with Crippen LogP contribution in [0.1, 0.15) is 16.7 Å². The van der Waals surface area contributed by atoms with E-state index in [4.69, 9.17) is 14.2 Å². The molecule has 1 aromatic heterocycles.